The van der Waals surface area contributed by atoms with Crippen molar-refractivity contribution in [1.82, 2.24) is 35.1 Å². The number of hydrogen-bond acceptors (Lipinski definition) is 13. The van der Waals surface area contributed by atoms with Crippen molar-refractivity contribution in [3.63, 3.8) is 0 Å². The maximum Gasteiger partial charge on any atom is 0.255 e. The van der Waals surface area contributed by atoms with E-state index < -0.39 is 6.04 Å². The molecule has 1 unspecified atom stereocenters. The average Bonchev–Trinajstić information content (AvgIpc) is 3.53. The van der Waals surface area contributed by atoms with E-state index in [9.17, 15) is 14.4 Å². The Bertz CT molecular complexity index is 2410. The number of aromatic nitrogens is 4. The highest BCUT2D eigenvalue weighted by Crippen LogP contribution is 2.37. The molecular weight excluding hydrogens is 725 g/mol. The van der Waals surface area contributed by atoms with Gasteiger partial charge in [0.15, 0.2) is 0 Å². The molecule has 15 nitrogen and oxygen atoms in total. The molecule has 3 amide bonds. The van der Waals surface area contributed by atoms with Crippen molar-refractivity contribution in [2.24, 2.45) is 0 Å². The number of likely N-dealkylation sites (tertiary alicyclic amines) is 1. The second-order valence-electron chi connectivity index (χ2n) is 15.4. The van der Waals surface area contributed by atoms with Crippen LogP contribution in [0.5, 0.6) is 11.8 Å². The lowest BCUT2D eigenvalue weighted by Crippen LogP contribution is -2.61. The van der Waals surface area contributed by atoms with Crippen LogP contribution < -0.4 is 30.3 Å². The Morgan fingerprint density at radius 2 is 1.79 bits per heavy atom. The number of fused-ring (bicyclic) bond motifs is 3. The summed E-state index contributed by atoms with van der Waals surface area (Å²) in [4.78, 5) is 62.1. The topological polar surface area (TPSA) is 167 Å². The van der Waals surface area contributed by atoms with Gasteiger partial charge in [0.05, 0.1) is 17.4 Å². The Balaban J connectivity index is 0.705. The van der Waals surface area contributed by atoms with E-state index in [1.807, 2.05) is 42.7 Å². The maximum absolute atomic E-state index is 13.1. The Morgan fingerprint density at radius 3 is 2.61 bits per heavy atom. The number of benzene rings is 2. The Labute approximate surface area is 328 Å². The van der Waals surface area contributed by atoms with Crippen LogP contribution in [-0.4, -0.2) is 105 Å². The van der Waals surface area contributed by atoms with Gasteiger partial charge in [0, 0.05) is 92.4 Å². The number of nitrogens with one attached hydrogen (secondary N) is 3. The van der Waals surface area contributed by atoms with Gasteiger partial charge >= 0.3 is 0 Å². The molecule has 3 saturated heterocycles. The van der Waals surface area contributed by atoms with Crippen molar-refractivity contribution in [3.05, 3.63) is 83.8 Å². The van der Waals surface area contributed by atoms with Crippen molar-refractivity contribution in [3.8, 4) is 22.9 Å². The molecule has 3 aromatic heterocycles. The van der Waals surface area contributed by atoms with E-state index in [4.69, 9.17) is 14.5 Å². The van der Waals surface area contributed by atoms with Crippen LogP contribution in [0.2, 0.25) is 0 Å². The summed E-state index contributed by atoms with van der Waals surface area (Å²) in [5.41, 5.74) is 8.33. The molecule has 5 aliphatic rings. The summed E-state index contributed by atoms with van der Waals surface area (Å²) in [6.07, 6.45) is 7.98. The van der Waals surface area contributed by atoms with Crippen LogP contribution >= 0.6 is 0 Å². The van der Waals surface area contributed by atoms with E-state index in [1.165, 1.54) is 0 Å². The van der Waals surface area contributed by atoms with Crippen molar-refractivity contribution < 1.29 is 23.9 Å². The molecule has 5 aromatic rings. The van der Waals surface area contributed by atoms with Gasteiger partial charge < -0.3 is 29.9 Å². The molecule has 0 spiro atoms. The number of piperidine rings is 2. The lowest BCUT2D eigenvalue weighted by Gasteiger charge is -2.48. The molecule has 8 heterocycles. The minimum absolute atomic E-state index is 0.0978. The number of rotatable bonds is 8. The molecule has 10 rings (SSSR count). The molecule has 3 fully saturated rings. The molecule has 0 aliphatic carbocycles. The Hall–Kier alpha value is -6.35. The van der Waals surface area contributed by atoms with Crippen LogP contribution in [0.25, 0.3) is 22.0 Å². The van der Waals surface area contributed by atoms with Crippen LogP contribution in [0.3, 0.4) is 0 Å². The summed E-state index contributed by atoms with van der Waals surface area (Å²) in [5.74, 6) is 0.909. The maximum atomic E-state index is 13.1. The molecule has 0 bridgehead atoms. The van der Waals surface area contributed by atoms with E-state index in [0.717, 1.165) is 95.8 Å². The number of pyridine rings is 2. The third kappa shape index (κ3) is 6.71. The van der Waals surface area contributed by atoms with Crippen LogP contribution in [0.15, 0.2) is 67.1 Å². The molecule has 0 radical (unpaired) electrons. The standard InChI is InChI=1S/C42H42N10O5/c1-24-33(20-45-40-38(24)43-12-15-56-40)25-2-3-26-18-46-42(48-34(26)17-25)47-28-4-9-37(44-19-28)57-31-10-13-50(14-11-31)30-22-51(23-30)29-5-6-32-27(16-29)21-52(41(32)55)35-7-8-36(53)49-39(35)54/h2-6,9,16-20,30-31,35,43H,7-8,10-15,21-23H2,1H3,(H,46,47,48)(H,49,53,54). The molecule has 3 N–H and O–H groups in total. The van der Waals surface area contributed by atoms with Crippen LogP contribution in [0.1, 0.15) is 47.2 Å². The van der Waals surface area contributed by atoms with Gasteiger partial charge in [-0.15, -0.1) is 0 Å². The molecule has 0 saturated carbocycles. The molecule has 15 heteroatoms. The zero-order chi connectivity index (χ0) is 38.6. The summed E-state index contributed by atoms with van der Waals surface area (Å²) >= 11 is 0. The van der Waals surface area contributed by atoms with Gasteiger partial charge in [-0.05, 0) is 73.2 Å². The minimum atomic E-state index is -0.603. The number of carbonyl (C=O) groups excluding carboxylic acids is 3. The number of carbonyl (C=O) groups is 3. The summed E-state index contributed by atoms with van der Waals surface area (Å²) in [7, 11) is 0. The fourth-order valence-electron chi connectivity index (χ4n) is 8.60. The van der Waals surface area contributed by atoms with Crippen LogP contribution in [-0.2, 0) is 16.1 Å². The zero-order valence-electron chi connectivity index (χ0n) is 31.5. The smallest absolute Gasteiger partial charge is 0.255 e. The lowest BCUT2D eigenvalue weighted by atomic mass is 9.99. The van der Waals surface area contributed by atoms with Crippen molar-refractivity contribution in [1.29, 1.82) is 0 Å². The fourth-order valence-corrected chi connectivity index (χ4v) is 8.60. The highest BCUT2D eigenvalue weighted by Gasteiger charge is 2.40. The van der Waals surface area contributed by atoms with E-state index in [2.05, 4.69) is 65.8 Å². The first-order valence-electron chi connectivity index (χ1n) is 19.6. The van der Waals surface area contributed by atoms with Crippen molar-refractivity contribution in [2.75, 3.05) is 54.9 Å². The number of amides is 3. The third-order valence-corrected chi connectivity index (χ3v) is 11.8. The quantitative estimate of drug-likeness (QED) is 0.190. The predicted molar refractivity (Wildman–Crippen MR) is 213 cm³/mol. The largest absolute Gasteiger partial charge is 0.474 e. The van der Waals surface area contributed by atoms with E-state index in [0.29, 0.717) is 48.9 Å². The van der Waals surface area contributed by atoms with E-state index in [1.54, 1.807) is 11.1 Å². The molecule has 57 heavy (non-hydrogen) atoms. The van der Waals surface area contributed by atoms with E-state index >= 15 is 0 Å². The van der Waals surface area contributed by atoms with Crippen LogP contribution in [0, 0.1) is 6.92 Å². The number of imide groups is 1. The Morgan fingerprint density at radius 1 is 0.912 bits per heavy atom. The minimum Gasteiger partial charge on any atom is -0.474 e. The SMILES string of the molecule is Cc1c(-c2ccc3cnc(Nc4ccc(OC5CCN(C6CN(c7ccc8c(c7)CN(C7CCC(=O)NC7=O)C8=O)C6)CC5)nc4)nc3c2)cnc2c1NCCO2. The summed E-state index contributed by atoms with van der Waals surface area (Å²) in [6.45, 7) is 7.59. The van der Waals surface area contributed by atoms with Gasteiger partial charge in [-0.1, -0.05) is 12.1 Å². The Kier molecular flexibility index (Phi) is 8.80. The van der Waals surface area contributed by atoms with Gasteiger partial charge in [0.2, 0.25) is 29.5 Å². The first-order valence-corrected chi connectivity index (χ1v) is 19.6. The monoisotopic (exact) mass is 766 g/mol. The normalized spacial score (nSPS) is 20.0. The summed E-state index contributed by atoms with van der Waals surface area (Å²) < 4.78 is 12.0. The van der Waals surface area contributed by atoms with Gasteiger partial charge in [0.1, 0.15) is 24.4 Å². The molecular formula is C42H42N10O5. The average molecular weight is 767 g/mol. The van der Waals surface area contributed by atoms with Gasteiger partial charge in [-0.3, -0.25) is 24.6 Å². The highest BCUT2D eigenvalue weighted by molar-refractivity contribution is 6.05. The van der Waals surface area contributed by atoms with Gasteiger partial charge in [-0.2, -0.15) is 0 Å². The van der Waals surface area contributed by atoms with Gasteiger partial charge in [-0.25, -0.2) is 19.9 Å². The molecule has 1 atom stereocenters. The van der Waals surface area contributed by atoms with Crippen molar-refractivity contribution in [2.45, 2.75) is 57.3 Å². The number of hydrogen-bond donors (Lipinski definition) is 3. The molecule has 290 valence electrons. The second-order valence-corrected chi connectivity index (χ2v) is 15.4. The van der Waals surface area contributed by atoms with E-state index in [-0.39, 0.29) is 30.2 Å². The second kappa shape index (κ2) is 14.3. The van der Waals surface area contributed by atoms with Crippen LogP contribution in [0.4, 0.5) is 23.0 Å². The number of anilines is 4. The molecule has 5 aliphatic heterocycles. The first-order chi connectivity index (χ1) is 27.8. The fraction of sp³-hybridized carbons (Fsp3) is 0.357. The zero-order valence-corrected chi connectivity index (χ0v) is 31.5. The molecule has 2 aromatic carbocycles. The first kappa shape index (κ1) is 35.1. The third-order valence-electron chi connectivity index (χ3n) is 11.8. The van der Waals surface area contributed by atoms with Gasteiger partial charge in [0.25, 0.3) is 5.91 Å². The number of nitrogens with zero attached hydrogens (tertiary/aromatic N) is 7. The lowest BCUT2D eigenvalue weighted by molar-refractivity contribution is -0.136. The summed E-state index contributed by atoms with van der Waals surface area (Å²) in [6, 6.07) is 15.8. The summed E-state index contributed by atoms with van der Waals surface area (Å²) in [5, 5.41) is 10.0. The number of ether oxygens (including phenoxy) is 2. The predicted octanol–water partition coefficient (Wildman–Crippen LogP) is 4.44. The van der Waals surface area contributed by atoms with Crippen molar-refractivity contribution >= 4 is 51.6 Å². The highest BCUT2D eigenvalue weighted by atomic mass is 16.5.